The predicted molar refractivity (Wildman–Crippen MR) is 63.6 cm³/mol. The number of ether oxygens (including phenoxy) is 1. The van der Waals surface area contributed by atoms with Crippen molar-refractivity contribution in [3.63, 3.8) is 0 Å². The number of carbonyl (C=O) groups is 1. The smallest absolute Gasteiger partial charge is 0.366 e. The quantitative estimate of drug-likeness (QED) is 0.455. The van der Waals surface area contributed by atoms with E-state index in [0.717, 1.165) is 0 Å². The van der Waals surface area contributed by atoms with Crippen LogP contribution in [0.5, 0.6) is 5.75 Å². The molecule has 0 fully saturated rings. The van der Waals surface area contributed by atoms with Gasteiger partial charge in [-0.1, -0.05) is 0 Å². The molecule has 0 aromatic carbocycles. The number of carbonyl (C=O) groups excluding carboxylic acids is 1. The van der Waals surface area contributed by atoms with E-state index in [1.807, 2.05) is 6.07 Å². The molecule has 1 aliphatic heterocycles. The largest absolute Gasteiger partial charge is 0.477 e. The molecule has 0 aliphatic carbocycles. The number of amides is 1. The lowest BCUT2D eigenvalue weighted by Crippen LogP contribution is -2.40. The summed E-state index contributed by atoms with van der Waals surface area (Å²) < 4.78 is 5.17. The first-order valence-corrected chi connectivity index (χ1v) is 5.59. The summed E-state index contributed by atoms with van der Waals surface area (Å²) in [4.78, 5) is 26.9. The summed E-state index contributed by atoms with van der Waals surface area (Å²) in [5, 5.41) is 19.2. The molecule has 8 heteroatoms. The fourth-order valence-corrected chi connectivity index (χ4v) is 1.72. The van der Waals surface area contributed by atoms with E-state index in [-0.39, 0.29) is 30.7 Å². The van der Waals surface area contributed by atoms with Gasteiger partial charge in [-0.25, -0.2) is 0 Å². The summed E-state index contributed by atoms with van der Waals surface area (Å²) in [5.74, 6) is -0.189. The molecule has 0 N–H and O–H groups in total. The van der Waals surface area contributed by atoms with Crippen LogP contribution >= 0.6 is 0 Å². The first kappa shape index (κ1) is 12.8. The lowest BCUT2D eigenvalue weighted by Gasteiger charge is -2.24. The number of nitrogens with zero attached hydrogens (tertiary/aromatic N) is 4. The molecule has 0 bridgehead atoms. The highest BCUT2D eigenvalue weighted by molar-refractivity contribution is 5.96. The highest BCUT2D eigenvalue weighted by Crippen LogP contribution is 2.32. The van der Waals surface area contributed by atoms with Gasteiger partial charge in [0.2, 0.25) is 0 Å². The van der Waals surface area contributed by atoms with Gasteiger partial charge < -0.3 is 14.9 Å². The number of pyridine rings is 1. The molecule has 0 atom stereocenters. The molecule has 0 saturated carbocycles. The van der Waals surface area contributed by atoms with E-state index in [4.69, 9.17) is 10.00 Å². The molecule has 2 rings (SSSR count). The van der Waals surface area contributed by atoms with Gasteiger partial charge in [0.25, 0.3) is 11.7 Å². The zero-order chi connectivity index (χ0) is 13.8. The first-order chi connectivity index (χ1) is 9.13. The Bertz CT molecular complexity index is 566. The standard InChI is InChI=1S/C11H10N4O4/c12-5-1-2-6-14-10(16)7-19-8-3-4-9(15(17)18)13-11(8)14/h3-4H,1-2,6-7H2. The van der Waals surface area contributed by atoms with Crippen molar-refractivity contribution in [2.75, 3.05) is 18.1 Å². The van der Waals surface area contributed by atoms with Crippen molar-refractivity contribution in [3.8, 4) is 11.8 Å². The Kier molecular flexibility index (Phi) is 3.56. The van der Waals surface area contributed by atoms with Crippen molar-refractivity contribution >= 4 is 17.5 Å². The molecule has 0 unspecified atom stereocenters. The first-order valence-electron chi connectivity index (χ1n) is 5.59. The number of fused-ring (bicyclic) bond motifs is 1. The van der Waals surface area contributed by atoms with Gasteiger partial charge in [0.15, 0.2) is 12.4 Å². The van der Waals surface area contributed by atoms with Crippen LogP contribution in [0.15, 0.2) is 12.1 Å². The van der Waals surface area contributed by atoms with Gasteiger partial charge in [-0.05, 0) is 22.4 Å². The molecule has 98 valence electrons. The van der Waals surface area contributed by atoms with E-state index < -0.39 is 4.92 Å². The molecule has 1 aliphatic rings. The van der Waals surface area contributed by atoms with Crippen molar-refractivity contribution in [1.29, 1.82) is 5.26 Å². The zero-order valence-corrected chi connectivity index (χ0v) is 9.90. The lowest BCUT2D eigenvalue weighted by molar-refractivity contribution is -0.389. The normalized spacial score (nSPS) is 13.4. The number of anilines is 1. The molecule has 0 spiro atoms. The van der Waals surface area contributed by atoms with E-state index in [9.17, 15) is 14.9 Å². The van der Waals surface area contributed by atoms with Crippen LogP contribution in [0.1, 0.15) is 12.8 Å². The van der Waals surface area contributed by atoms with Gasteiger partial charge in [0, 0.05) is 19.0 Å². The fraction of sp³-hybridized carbons (Fsp3) is 0.364. The Morgan fingerprint density at radius 3 is 3.05 bits per heavy atom. The Hall–Kier alpha value is -2.69. The highest BCUT2D eigenvalue weighted by Gasteiger charge is 2.31. The van der Waals surface area contributed by atoms with Gasteiger partial charge in [0.1, 0.15) is 0 Å². The van der Waals surface area contributed by atoms with Crippen molar-refractivity contribution in [3.05, 3.63) is 22.2 Å². The maximum atomic E-state index is 11.7. The molecule has 8 nitrogen and oxygen atoms in total. The average Bonchev–Trinajstić information content (AvgIpc) is 2.40. The topological polar surface area (TPSA) is 109 Å². The summed E-state index contributed by atoms with van der Waals surface area (Å²) in [7, 11) is 0. The zero-order valence-electron chi connectivity index (χ0n) is 9.90. The third-order valence-electron chi connectivity index (χ3n) is 2.59. The SMILES string of the molecule is N#CCCCN1C(=O)COc2ccc([N+](=O)[O-])nc21. The van der Waals surface area contributed by atoms with Gasteiger partial charge in [0.05, 0.1) is 6.07 Å². The summed E-state index contributed by atoms with van der Waals surface area (Å²) in [6, 6.07) is 4.62. The Morgan fingerprint density at radius 1 is 1.58 bits per heavy atom. The number of nitro groups is 1. The van der Waals surface area contributed by atoms with Crippen molar-refractivity contribution < 1.29 is 14.5 Å². The van der Waals surface area contributed by atoms with Crippen LogP contribution in [0.25, 0.3) is 0 Å². The second kappa shape index (κ2) is 5.30. The van der Waals surface area contributed by atoms with Crippen LogP contribution in [-0.2, 0) is 4.79 Å². The van der Waals surface area contributed by atoms with Crippen molar-refractivity contribution in [2.45, 2.75) is 12.8 Å². The van der Waals surface area contributed by atoms with Crippen LogP contribution in [0.3, 0.4) is 0 Å². The summed E-state index contributed by atoms with van der Waals surface area (Å²) in [6.45, 7) is 0.163. The van der Waals surface area contributed by atoms with E-state index in [1.54, 1.807) is 0 Å². The molecule has 0 radical (unpaired) electrons. The molecule has 1 aromatic rings. The number of hydrogen-bond acceptors (Lipinski definition) is 6. The predicted octanol–water partition coefficient (Wildman–Crippen LogP) is 1.02. The Labute approximate surface area is 108 Å². The number of hydrogen-bond donors (Lipinski definition) is 0. The molecular formula is C11H10N4O4. The molecular weight excluding hydrogens is 252 g/mol. The average molecular weight is 262 g/mol. The number of rotatable bonds is 4. The summed E-state index contributed by atoms with van der Waals surface area (Å²) in [5.41, 5.74) is 0. The number of nitriles is 1. The Morgan fingerprint density at radius 2 is 2.37 bits per heavy atom. The lowest BCUT2D eigenvalue weighted by atomic mass is 10.2. The molecule has 0 saturated heterocycles. The minimum Gasteiger partial charge on any atom is -0.477 e. The van der Waals surface area contributed by atoms with E-state index in [1.165, 1.54) is 17.0 Å². The third kappa shape index (κ3) is 2.60. The summed E-state index contributed by atoms with van der Waals surface area (Å²) in [6.07, 6.45) is 0.779. The summed E-state index contributed by atoms with van der Waals surface area (Å²) >= 11 is 0. The maximum absolute atomic E-state index is 11.7. The van der Waals surface area contributed by atoms with Crippen molar-refractivity contribution in [2.24, 2.45) is 0 Å². The van der Waals surface area contributed by atoms with Gasteiger partial charge in [-0.3, -0.25) is 9.69 Å². The molecule has 1 amide bonds. The molecule has 1 aromatic heterocycles. The third-order valence-corrected chi connectivity index (χ3v) is 2.59. The Balaban J connectivity index is 2.30. The monoisotopic (exact) mass is 262 g/mol. The maximum Gasteiger partial charge on any atom is 0.366 e. The van der Waals surface area contributed by atoms with Crippen LogP contribution in [0.4, 0.5) is 11.6 Å². The second-order valence-electron chi connectivity index (χ2n) is 3.84. The molecule has 19 heavy (non-hydrogen) atoms. The van der Waals surface area contributed by atoms with E-state index in [2.05, 4.69) is 4.98 Å². The van der Waals surface area contributed by atoms with Crippen LogP contribution in [-0.4, -0.2) is 29.0 Å². The van der Waals surface area contributed by atoms with Crippen LogP contribution in [0.2, 0.25) is 0 Å². The van der Waals surface area contributed by atoms with Gasteiger partial charge >= 0.3 is 5.82 Å². The van der Waals surface area contributed by atoms with Crippen molar-refractivity contribution in [1.82, 2.24) is 4.98 Å². The number of aromatic nitrogens is 1. The van der Waals surface area contributed by atoms with Gasteiger partial charge in [-0.2, -0.15) is 5.26 Å². The van der Waals surface area contributed by atoms with Crippen LogP contribution < -0.4 is 9.64 Å². The minimum atomic E-state index is -0.632. The van der Waals surface area contributed by atoms with E-state index in [0.29, 0.717) is 18.6 Å². The number of unbranched alkanes of at least 4 members (excludes halogenated alkanes) is 1. The highest BCUT2D eigenvalue weighted by atomic mass is 16.6. The van der Waals surface area contributed by atoms with Crippen LogP contribution in [0, 0.1) is 21.4 Å². The van der Waals surface area contributed by atoms with Gasteiger partial charge in [-0.15, -0.1) is 0 Å². The minimum absolute atomic E-state index is 0.126. The molecule has 2 heterocycles. The second-order valence-corrected chi connectivity index (χ2v) is 3.84. The van der Waals surface area contributed by atoms with E-state index >= 15 is 0 Å². The fourth-order valence-electron chi connectivity index (χ4n) is 1.72.